The molecule has 13 heavy (non-hydrogen) atoms. The Bertz CT molecular complexity index is 139. The van der Waals surface area contributed by atoms with E-state index in [4.69, 9.17) is 10.2 Å². The van der Waals surface area contributed by atoms with Gasteiger partial charge in [0, 0.05) is 6.61 Å². The van der Waals surface area contributed by atoms with E-state index in [0.29, 0.717) is 5.92 Å². The second kappa shape index (κ2) is 8.27. The number of allylic oxidation sites excluding steroid dienone is 1. The van der Waals surface area contributed by atoms with E-state index in [0.717, 1.165) is 31.3 Å². The van der Waals surface area contributed by atoms with Crippen LogP contribution in [0.2, 0.25) is 0 Å². The van der Waals surface area contributed by atoms with Gasteiger partial charge in [0.25, 0.3) is 0 Å². The fourth-order valence-electron chi connectivity index (χ4n) is 1.30. The number of unbranched alkanes of at least 4 members (excludes halogenated alkanes) is 2. The van der Waals surface area contributed by atoms with E-state index in [-0.39, 0.29) is 13.2 Å². The minimum atomic E-state index is 0.178. The summed E-state index contributed by atoms with van der Waals surface area (Å²) in [5.74, 6) is 0.608. The average Bonchev–Trinajstić information content (AvgIpc) is 2.09. The summed E-state index contributed by atoms with van der Waals surface area (Å²) in [7, 11) is 0. The molecule has 78 valence electrons. The van der Waals surface area contributed by atoms with Crippen molar-refractivity contribution in [2.24, 2.45) is 5.92 Å². The molecule has 0 radical (unpaired) electrons. The summed E-state index contributed by atoms with van der Waals surface area (Å²) in [6.07, 6.45) is 5.93. The van der Waals surface area contributed by atoms with Crippen molar-refractivity contribution in [3.63, 3.8) is 0 Å². The molecule has 0 aliphatic carbocycles. The van der Waals surface area contributed by atoms with Crippen molar-refractivity contribution in [3.05, 3.63) is 11.6 Å². The van der Waals surface area contributed by atoms with Crippen LogP contribution in [-0.4, -0.2) is 23.4 Å². The standard InChI is InChI=1S/C11H22O2/c1-10(2)8-11(9-13)6-4-3-5-7-12/h6,10,12-13H,3-5,7-9H2,1-2H3/b11-6-. The molecule has 0 fully saturated rings. The predicted octanol–water partition coefficient (Wildman–Crippen LogP) is 2.11. The van der Waals surface area contributed by atoms with Crippen molar-refractivity contribution < 1.29 is 10.2 Å². The zero-order chi connectivity index (χ0) is 10.1. The minimum absolute atomic E-state index is 0.178. The first-order valence-corrected chi connectivity index (χ1v) is 5.10. The lowest BCUT2D eigenvalue weighted by atomic mass is 10.0. The molecule has 0 aromatic heterocycles. The molecule has 0 spiro atoms. The third kappa shape index (κ3) is 8.00. The number of rotatable bonds is 7. The monoisotopic (exact) mass is 186 g/mol. The molecule has 2 N–H and O–H groups in total. The van der Waals surface area contributed by atoms with E-state index in [2.05, 4.69) is 19.9 Å². The first-order chi connectivity index (χ1) is 6.20. The first-order valence-electron chi connectivity index (χ1n) is 5.10. The maximum absolute atomic E-state index is 9.01. The lowest BCUT2D eigenvalue weighted by Crippen LogP contribution is -1.96. The van der Waals surface area contributed by atoms with Gasteiger partial charge in [0.1, 0.15) is 0 Å². The third-order valence-corrected chi connectivity index (χ3v) is 1.92. The van der Waals surface area contributed by atoms with Crippen LogP contribution in [0.25, 0.3) is 0 Å². The molecular formula is C11H22O2. The fraction of sp³-hybridized carbons (Fsp3) is 0.818. The molecule has 0 rings (SSSR count). The van der Waals surface area contributed by atoms with E-state index < -0.39 is 0 Å². The molecular weight excluding hydrogens is 164 g/mol. The Morgan fingerprint density at radius 2 is 1.92 bits per heavy atom. The number of aliphatic hydroxyl groups excluding tert-OH is 2. The molecule has 0 bridgehead atoms. The lowest BCUT2D eigenvalue weighted by Gasteiger charge is -2.06. The van der Waals surface area contributed by atoms with Crippen LogP contribution in [-0.2, 0) is 0 Å². The summed E-state index contributed by atoms with van der Waals surface area (Å²) in [6, 6.07) is 0. The quantitative estimate of drug-likeness (QED) is 0.472. The molecule has 0 aromatic carbocycles. The van der Waals surface area contributed by atoms with Gasteiger partial charge in [0.2, 0.25) is 0 Å². The van der Waals surface area contributed by atoms with E-state index in [1.165, 1.54) is 0 Å². The Hall–Kier alpha value is -0.340. The van der Waals surface area contributed by atoms with Gasteiger partial charge in [-0.25, -0.2) is 0 Å². The highest BCUT2D eigenvalue weighted by molar-refractivity contribution is 5.02. The fourth-order valence-corrected chi connectivity index (χ4v) is 1.30. The van der Waals surface area contributed by atoms with Crippen LogP contribution >= 0.6 is 0 Å². The molecule has 0 aliphatic heterocycles. The summed E-state index contributed by atoms with van der Waals surface area (Å²) in [6.45, 7) is 4.75. The maximum atomic E-state index is 9.01. The zero-order valence-corrected chi connectivity index (χ0v) is 8.79. The summed E-state index contributed by atoms with van der Waals surface area (Å²) < 4.78 is 0. The molecule has 0 heterocycles. The van der Waals surface area contributed by atoms with E-state index in [1.807, 2.05) is 0 Å². The van der Waals surface area contributed by atoms with Gasteiger partial charge in [-0.15, -0.1) is 0 Å². The van der Waals surface area contributed by atoms with Gasteiger partial charge >= 0.3 is 0 Å². The SMILES string of the molecule is CC(C)C/C(=C/CCCCO)CO. The van der Waals surface area contributed by atoms with Crippen molar-refractivity contribution in [1.29, 1.82) is 0 Å². The van der Waals surface area contributed by atoms with Crippen LogP contribution in [0, 0.1) is 5.92 Å². The van der Waals surface area contributed by atoms with Crippen molar-refractivity contribution in [1.82, 2.24) is 0 Å². The van der Waals surface area contributed by atoms with E-state index in [1.54, 1.807) is 0 Å². The Balaban J connectivity index is 3.65. The van der Waals surface area contributed by atoms with Gasteiger partial charge in [-0.3, -0.25) is 0 Å². The summed E-state index contributed by atoms with van der Waals surface area (Å²) in [5, 5.41) is 17.6. The molecule has 0 amide bonds. The van der Waals surface area contributed by atoms with Gasteiger partial charge in [-0.1, -0.05) is 19.9 Å². The second-order valence-electron chi connectivity index (χ2n) is 3.84. The van der Waals surface area contributed by atoms with Gasteiger partial charge in [-0.2, -0.15) is 0 Å². The largest absolute Gasteiger partial charge is 0.396 e. The highest BCUT2D eigenvalue weighted by Gasteiger charge is 1.98. The van der Waals surface area contributed by atoms with Crippen LogP contribution in [0.4, 0.5) is 0 Å². The van der Waals surface area contributed by atoms with Crippen LogP contribution in [0.1, 0.15) is 39.5 Å². The third-order valence-electron chi connectivity index (χ3n) is 1.92. The van der Waals surface area contributed by atoms with Crippen LogP contribution in [0.3, 0.4) is 0 Å². The normalized spacial score (nSPS) is 12.5. The van der Waals surface area contributed by atoms with Crippen molar-refractivity contribution >= 4 is 0 Å². The number of hydrogen-bond acceptors (Lipinski definition) is 2. The lowest BCUT2D eigenvalue weighted by molar-refractivity contribution is 0.285. The van der Waals surface area contributed by atoms with Gasteiger partial charge < -0.3 is 10.2 Å². The van der Waals surface area contributed by atoms with Crippen LogP contribution in [0.5, 0.6) is 0 Å². The molecule has 0 unspecified atom stereocenters. The molecule has 0 aromatic rings. The number of aliphatic hydroxyl groups is 2. The smallest absolute Gasteiger partial charge is 0.0641 e. The molecule has 0 saturated heterocycles. The Kier molecular flexibility index (Phi) is 8.05. The topological polar surface area (TPSA) is 40.5 Å². The molecule has 2 nitrogen and oxygen atoms in total. The molecule has 0 aliphatic rings. The average molecular weight is 186 g/mol. The van der Waals surface area contributed by atoms with Crippen molar-refractivity contribution in [2.45, 2.75) is 39.5 Å². The van der Waals surface area contributed by atoms with Gasteiger partial charge in [-0.05, 0) is 37.2 Å². The first kappa shape index (κ1) is 12.7. The molecule has 2 heteroatoms. The summed E-state index contributed by atoms with van der Waals surface area (Å²) in [5.41, 5.74) is 1.13. The Morgan fingerprint density at radius 3 is 2.38 bits per heavy atom. The van der Waals surface area contributed by atoms with Crippen molar-refractivity contribution in [2.75, 3.05) is 13.2 Å². The van der Waals surface area contributed by atoms with E-state index >= 15 is 0 Å². The van der Waals surface area contributed by atoms with Crippen molar-refractivity contribution in [3.8, 4) is 0 Å². The van der Waals surface area contributed by atoms with Gasteiger partial charge in [0.05, 0.1) is 6.61 Å². The summed E-state index contributed by atoms with van der Waals surface area (Å²) in [4.78, 5) is 0. The Morgan fingerprint density at radius 1 is 1.23 bits per heavy atom. The van der Waals surface area contributed by atoms with Gasteiger partial charge in [0.15, 0.2) is 0 Å². The summed E-state index contributed by atoms with van der Waals surface area (Å²) >= 11 is 0. The van der Waals surface area contributed by atoms with Crippen LogP contribution in [0.15, 0.2) is 11.6 Å². The minimum Gasteiger partial charge on any atom is -0.396 e. The number of hydrogen-bond donors (Lipinski definition) is 2. The molecule has 0 atom stereocenters. The molecule has 0 saturated carbocycles. The predicted molar refractivity (Wildman–Crippen MR) is 55.6 cm³/mol. The van der Waals surface area contributed by atoms with E-state index in [9.17, 15) is 0 Å². The second-order valence-corrected chi connectivity index (χ2v) is 3.84. The highest BCUT2D eigenvalue weighted by Crippen LogP contribution is 2.11. The highest BCUT2D eigenvalue weighted by atomic mass is 16.3. The Labute approximate surface area is 81.3 Å². The zero-order valence-electron chi connectivity index (χ0n) is 8.79. The van der Waals surface area contributed by atoms with Crippen LogP contribution < -0.4 is 0 Å². The maximum Gasteiger partial charge on any atom is 0.0641 e.